The van der Waals surface area contributed by atoms with Gasteiger partial charge in [0.15, 0.2) is 5.65 Å². The summed E-state index contributed by atoms with van der Waals surface area (Å²) in [7, 11) is 1.73. The van der Waals surface area contributed by atoms with Gasteiger partial charge in [-0.15, -0.1) is 12.4 Å². The Balaban J connectivity index is 0.000000980. The molecule has 0 saturated carbocycles. The zero-order valence-corrected chi connectivity index (χ0v) is 8.34. The molecular formula is C7H10ClN5O. The molecule has 2 rings (SSSR count). The molecule has 0 saturated heterocycles. The first-order valence-electron chi connectivity index (χ1n) is 3.83. The average molecular weight is 216 g/mol. The molecule has 0 unspecified atom stereocenters. The summed E-state index contributed by atoms with van der Waals surface area (Å²) in [6.07, 6.45) is 1.49. The van der Waals surface area contributed by atoms with Crippen LogP contribution in [-0.4, -0.2) is 19.7 Å². The van der Waals surface area contributed by atoms with Crippen LogP contribution in [-0.2, 0) is 13.6 Å². The van der Waals surface area contributed by atoms with Gasteiger partial charge in [-0.1, -0.05) is 0 Å². The molecular weight excluding hydrogens is 206 g/mol. The van der Waals surface area contributed by atoms with Gasteiger partial charge >= 0.3 is 0 Å². The zero-order valence-electron chi connectivity index (χ0n) is 7.52. The molecule has 0 spiro atoms. The zero-order chi connectivity index (χ0) is 9.42. The molecule has 0 aliphatic carbocycles. The van der Waals surface area contributed by atoms with Gasteiger partial charge in [-0.3, -0.25) is 9.48 Å². The molecule has 6 nitrogen and oxygen atoms in total. The average Bonchev–Trinajstić information content (AvgIpc) is 2.48. The summed E-state index contributed by atoms with van der Waals surface area (Å²) < 4.78 is 1.55. The first-order chi connectivity index (χ1) is 6.22. The molecule has 3 N–H and O–H groups in total. The lowest BCUT2D eigenvalue weighted by Gasteiger charge is -1.96. The van der Waals surface area contributed by atoms with Crippen molar-refractivity contribution in [2.75, 3.05) is 0 Å². The van der Waals surface area contributed by atoms with Crippen LogP contribution < -0.4 is 11.3 Å². The standard InChI is InChI=1S/C7H9N5O.ClH/c1-12-6-4(3-9-12)7(13)11-5(2-8)10-6;/h3H,2,8H2,1H3,(H,10,11,13);1H. The van der Waals surface area contributed by atoms with Crippen molar-refractivity contribution in [1.29, 1.82) is 0 Å². The summed E-state index contributed by atoms with van der Waals surface area (Å²) in [4.78, 5) is 18.1. The Bertz CT molecular complexity index is 502. The SMILES string of the molecule is Cl.Cn1ncc2c(=O)[nH]c(CN)nc21. The Kier molecular flexibility index (Phi) is 2.87. The fraction of sp³-hybridized carbons (Fsp3) is 0.286. The number of aryl methyl sites for hydroxylation is 1. The van der Waals surface area contributed by atoms with Crippen LogP contribution >= 0.6 is 12.4 Å². The number of fused-ring (bicyclic) bond motifs is 1. The van der Waals surface area contributed by atoms with E-state index in [0.717, 1.165) is 0 Å². The van der Waals surface area contributed by atoms with Crippen LogP contribution in [0.2, 0.25) is 0 Å². The third-order valence-electron chi connectivity index (χ3n) is 1.84. The van der Waals surface area contributed by atoms with Crippen LogP contribution in [0.15, 0.2) is 11.0 Å². The number of aromatic nitrogens is 4. The quantitative estimate of drug-likeness (QED) is 0.674. The highest BCUT2D eigenvalue weighted by molar-refractivity contribution is 5.85. The van der Waals surface area contributed by atoms with Crippen molar-refractivity contribution in [2.24, 2.45) is 12.8 Å². The second kappa shape index (κ2) is 3.77. The van der Waals surface area contributed by atoms with E-state index in [1.54, 1.807) is 11.7 Å². The molecule has 0 amide bonds. The van der Waals surface area contributed by atoms with Gasteiger partial charge in [-0.25, -0.2) is 4.98 Å². The lowest BCUT2D eigenvalue weighted by molar-refractivity contribution is 0.777. The van der Waals surface area contributed by atoms with E-state index in [0.29, 0.717) is 16.9 Å². The van der Waals surface area contributed by atoms with Crippen molar-refractivity contribution in [3.63, 3.8) is 0 Å². The van der Waals surface area contributed by atoms with Crippen LogP contribution in [0.5, 0.6) is 0 Å². The van der Waals surface area contributed by atoms with Crippen molar-refractivity contribution in [2.45, 2.75) is 6.54 Å². The van der Waals surface area contributed by atoms with Crippen molar-refractivity contribution in [3.8, 4) is 0 Å². The first kappa shape index (κ1) is 10.7. The Morgan fingerprint density at radius 1 is 1.64 bits per heavy atom. The van der Waals surface area contributed by atoms with Crippen molar-refractivity contribution < 1.29 is 0 Å². The molecule has 2 heterocycles. The number of hydrogen-bond donors (Lipinski definition) is 2. The van der Waals surface area contributed by atoms with E-state index in [1.807, 2.05) is 0 Å². The van der Waals surface area contributed by atoms with Gasteiger partial charge in [-0.05, 0) is 0 Å². The van der Waals surface area contributed by atoms with Gasteiger partial charge in [0.25, 0.3) is 5.56 Å². The molecule has 76 valence electrons. The largest absolute Gasteiger partial charge is 0.324 e. The summed E-state index contributed by atoms with van der Waals surface area (Å²) in [5.74, 6) is 0.473. The van der Waals surface area contributed by atoms with Gasteiger partial charge in [0.1, 0.15) is 11.2 Å². The number of rotatable bonds is 1. The van der Waals surface area contributed by atoms with E-state index in [4.69, 9.17) is 5.73 Å². The molecule has 0 fully saturated rings. The Morgan fingerprint density at radius 3 is 3.00 bits per heavy atom. The lowest BCUT2D eigenvalue weighted by atomic mass is 10.4. The molecule has 0 aliphatic rings. The van der Waals surface area contributed by atoms with Crippen LogP contribution in [0.25, 0.3) is 11.0 Å². The number of nitrogens with zero attached hydrogens (tertiary/aromatic N) is 3. The molecule has 2 aromatic rings. The normalized spacial score (nSPS) is 10.1. The highest BCUT2D eigenvalue weighted by Gasteiger charge is 2.06. The predicted molar refractivity (Wildman–Crippen MR) is 54.3 cm³/mol. The summed E-state index contributed by atoms with van der Waals surface area (Å²) in [6.45, 7) is 0.219. The summed E-state index contributed by atoms with van der Waals surface area (Å²) >= 11 is 0. The topological polar surface area (TPSA) is 89.6 Å². The third kappa shape index (κ3) is 1.49. The lowest BCUT2D eigenvalue weighted by Crippen LogP contribution is -2.14. The number of hydrogen-bond acceptors (Lipinski definition) is 4. The maximum absolute atomic E-state index is 11.4. The van der Waals surface area contributed by atoms with E-state index in [2.05, 4.69) is 15.1 Å². The maximum Gasteiger partial charge on any atom is 0.262 e. The minimum absolute atomic E-state index is 0. The van der Waals surface area contributed by atoms with Gasteiger partial charge in [0.2, 0.25) is 0 Å². The molecule has 0 bridgehead atoms. The fourth-order valence-corrected chi connectivity index (χ4v) is 1.17. The molecule has 14 heavy (non-hydrogen) atoms. The molecule has 0 radical (unpaired) electrons. The minimum atomic E-state index is -0.196. The molecule has 0 aliphatic heterocycles. The number of H-pyrrole nitrogens is 1. The van der Waals surface area contributed by atoms with Crippen LogP contribution in [0, 0.1) is 0 Å². The third-order valence-corrected chi connectivity index (χ3v) is 1.84. The Labute approximate surface area is 85.5 Å². The van der Waals surface area contributed by atoms with Crippen LogP contribution in [0.3, 0.4) is 0 Å². The molecule has 2 aromatic heterocycles. The predicted octanol–water partition coefficient (Wildman–Crippen LogP) is -0.463. The van der Waals surface area contributed by atoms with E-state index in [-0.39, 0.29) is 24.5 Å². The molecule has 0 aromatic carbocycles. The monoisotopic (exact) mass is 215 g/mol. The van der Waals surface area contributed by atoms with Crippen LogP contribution in [0.1, 0.15) is 5.82 Å². The van der Waals surface area contributed by atoms with E-state index in [9.17, 15) is 4.79 Å². The second-order valence-electron chi connectivity index (χ2n) is 2.72. The number of nitrogens with two attached hydrogens (primary N) is 1. The first-order valence-corrected chi connectivity index (χ1v) is 3.83. The smallest absolute Gasteiger partial charge is 0.262 e. The Hall–Kier alpha value is -1.40. The number of nitrogens with one attached hydrogen (secondary N) is 1. The van der Waals surface area contributed by atoms with E-state index >= 15 is 0 Å². The highest BCUT2D eigenvalue weighted by atomic mass is 35.5. The van der Waals surface area contributed by atoms with Crippen molar-refractivity contribution in [3.05, 3.63) is 22.4 Å². The highest BCUT2D eigenvalue weighted by Crippen LogP contribution is 2.03. The van der Waals surface area contributed by atoms with Crippen LogP contribution in [0.4, 0.5) is 0 Å². The number of aromatic amines is 1. The van der Waals surface area contributed by atoms with Gasteiger partial charge in [0, 0.05) is 7.05 Å². The molecule has 7 heteroatoms. The van der Waals surface area contributed by atoms with Crippen molar-refractivity contribution in [1.82, 2.24) is 19.7 Å². The van der Waals surface area contributed by atoms with E-state index in [1.165, 1.54) is 6.20 Å². The minimum Gasteiger partial charge on any atom is -0.324 e. The number of halogens is 1. The molecule has 0 atom stereocenters. The summed E-state index contributed by atoms with van der Waals surface area (Å²) in [5, 5.41) is 4.41. The van der Waals surface area contributed by atoms with Gasteiger partial charge in [0.05, 0.1) is 12.7 Å². The summed E-state index contributed by atoms with van der Waals surface area (Å²) in [6, 6.07) is 0. The Morgan fingerprint density at radius 2 is 2.36 bits per heavy atom. The van der Waals surface area contributed by atoms with Gasteiger partial charge in [-0.2, -0.15) is 5.10 Å². The maximum atomic E-state index is 11.4. The van der Waals surface area contributed by atoms with E-state index < -0.39 is 0 Å². The summed E-state index contributed by atoms with van der Waals surface area (Å²) in [5.41, 5.74) is 5.73. The van der Waals surface area contributed by atoms with Gasteiger partial charge < -0.3 is 10.7 Å². The van der Waals surface area contributed by atoms with Crippen molar-refractivity contribution >= 4 is 23.4 Å². The fourth-order valence-electron chi connectivity index (χ4n) is 1.17. The second-order valence-corrected chi connectivity index (χ2v) is 2.72.